The second-order valence-corrected chi connectivity index (χ2v) is 10.2. The first kappa shape index (κ1) is 19.0. The molecule has 1 aliphatic heterocycles. The standard InChI is InChI=1S/C20H22N2O2S2/c1-15-9-16(2)11-19(10-15)25-20-4-3-17(13-21)12-18(20)14-22-5-7-26(23,24)8-6-22/h3-4,9-12H,5-8,14H2,1-2H3. The molecular formula is C20H22N2O2S2. The van der Waals surface area contributed by atoms with Gasteiger partial charge in [0.1, 0.15) is 0 Å². The van der Waals surface area contributed by atoms with E-state index in [9.17, 15) is 13.7 Å². The SMILES string of the molecule is Cc1cc(C)cc(Sc2ccc(C#N)cc2CN2CCS(=O)(=O)CC2)c1. The van der Waals surface area contributed by atoms with Gasteiger partial charge in [0.05, 0.1) is 23.1 Å². The second kappa shape index (κ2) is 7.83. The van der Waals surface area contributed by atoms with E-state index >= 15 is 0 Å². The Bertz CT molecular complexity index is 928. The Kier molecular flexibility index (Phi) is 5.71. The van der Waals surface area contributed by atoms with Crippen molar-refractivity contribution in [1.82, 2.24) is 4.90 Å². The molecule has 0 N–H and O–H groups in total. The average molecular weight is 387 g/mol. The van der Waals surface area contributed by atoms with Gasteiger partial charge in [-0.2, -0.15) is 5.26 Å². The van der Waals surface area contributed by atoms with Crippen LogP contribution in [0.25, 0.3) is 0 Å². The van der Waals surface area contributed by atoms with Gasteiger partial charge < -0.3 is 0 Å². The third-order valence-corrected chi connectivity index (χ3v) is 7.14. The molecule has 1 aliphatic rings. The van der Waals surface area contributed by atoms with Crippen LogP contribution >= 0.6 is 11.8 Å². The van der Waals surface area contributed by atoms with E-state index in [1.807, 2.05) is 18.2 Å². The van der Waals surface area contributed by atoms with Crippen LogP contribution in [0.15, 0.2) is 46.2 Å². The van der Waals surface area contributed by atoms with Crippen molar-refractivity contribution in [2.24, 2.45) is 0 Å². The van der Waals surface area contributed by atoms with Gasteiger partial charge in [0.15, 0.2) is 9.84 Å². The number of hydrogen-bond acceptors (Lipinski definition) is 5. The zero-order valence-corrected chi connectivity index (χ0v) is 16.7. The molecule has 4 nitrogen and oxygen atoms in total. The molecule has 6 heteroatoms. The Hall–Kier alpha value is -1.81. The number of rotatable bonds is 4. The van der Waals surface area contributed by atoms with E-state index in [1.54, 1.807) is 11.8 Å². The third kappa shape index (κ3) is 4.88. The number of hydrogen-bond donors (Lipinski definition) is 0. The van der Waals surface area contributed by atoms with Crippen molar-refractivity contribution in [3.05, 3.63) is 58.7 Å². The second-order valence-electron chi connectivity index (χ2n) is 6.79. The minimum atomic E-state index is -2.89. The summed E-state index contributed by atoms with van der Waals surface area (Å²) in [5.41, 5.74) is 4.16. The lowest BCUT2D eigenvalue weighted by molar-refractivity contribution is 0.285. The quantitative estimate of drug-likeness (QED) is 0.804. The maximum Gasteiger partial charge on any atom is 0.152 e. The molecule has 0 unspecified atom stereocenters. The lowest BCUT2D eigenvalue weighted by Gasteiger charge is -2.27. The molecule has 0 bridgehead atoms. The maximum absolute atomic E-state index is 11.6. The van der Waals surface area contributed by atoms with Crippen LogP contribution in [-0.4, -0.2) is 37.9 Å². The number of nitrogens with zero attached hydrogens (tertiary/aromatic N) is 2. The summed E-state index contributed by atoms with van der Waals surface area (Å²) in [6.07, 6.45) is 0. The molecule has 1 saturated heterocycles. The van der Waals surface area contributed by atoms with Crippen LogP contribution in [0, 0.1) is 25.2 Å². The largest absolute Gasteiger partial charge is 0.297 e. The van der Waals surface area contributed by atoms with Gasteiger partial charge in [0, 0.05) is 29.4 Å². The number of nitriles is 1. The highest BCUT2D eigenvalue weighted by Crippen LogP contribution is 2.33. The molecule has 0 spiro atoms. The predicted octanol–water partition coefficient (Wildman–Crippen LogP) is 3.56. The van der Waals surface area contributed by atoms with Crippen LogP contribution in [0.1, 0.15) is 22.3 Å². The minimum Gasteiger partial charge on any atom is -0.297 e. The number of aryl methyl sites for hydroxylation is 2. The highest BCUT2D eigenvalue weighted by atomic mass is 32.2. The fourth-order valence-electron chi connectivity index (χ4n) is 3.14. The molecular weight excluding hydrogens is 364 g/mol. The number of sulfone groups is 1. The van der Waals surface area contributed by atoms with Crippen molar-refractivity contribution >= 4 is 21.6 Å². The maximum atomic E-state index is 11.6. The van der Waals surface area contributed by atoms with Crippen LogP contribution in [0.4, 0.5) is 0 Å². The Morgan fingerprint density at radius 3 is 2.35 bits per heavy atom. The summed E-state index contributed by atoms with van der Waals surface area (Å²) < 4.78 is 23.3. The monoisotopic (exact) mass is 386 g/mol. The Balaban J connectivity index is 1.85. The summed E-state index contributed by atoms with van der Waals surface area (Å²) in [6, 6.07) is 14.4. The molecule has 26 heavy (non-hydrogen) atoms. The van der Waals surface area contributed by atoms with Gasteiger partial charge in [0.25, 0.3) is 0 Å². The average Bonchev–Trinajstić information content (AvgIpc) is 2.57. The van der Waals surface area contributed by atoms with Gasteiger partial charge in [-0.3, -0.25) is 4.90 Å². The highest BCUT2D eigenvalue weighted by molar-refractivity contribution is 7.99. The van der Waals surface area contributed by atoms with Crippen LogP contribution in [0.5, 0.6) is 0 Å². The van der Waals surface area contributed by atoms with E-state index in [0.717, 1.165) is 10.5 Å². The van der Waals surface area contributed by atoms with E-state index in [1.165, 1.54) is 16.0 Å². The van der Waals surface area contributed by atoms with Crippen LogP contribution in [0.2, 0.25) is 0 Å². The Morgan fingerprint density at radius 2 is 1.73 bits per heavy atom. The zero-order chi connectivity index (χ0) is 18.7. The van der Waals surface area contributed by atoms with Crippen LogP contribution in [-0.2, 0) is 16.4 Å². The van der Waals surface area contributed by atoms with E-state index in [4.69, 9.17) is 0 Å². The molecule has 136 valence electrons. The molecule has 1 fully saturated rings. The molecule has 2 aromatic carbocycles. The molecule has 1 heterocycles. The van der Waals surface area contributed by atoms with Gasteiger partial charge in [-0.1, -0.05) is 17.8 Å². The first-order valence-electron chi connectivity index (χ1n) is 8.56. The van der Waals surface area contributed by atoms with Gasteiger partial charge in [0.2, 0.25) is 0 Å². The van der Waals surface area contributed by atoms with E-state index < -0.39 is 9.84 Å². The van der Waals surface area contributed by atoms with Crippen LogP contribution < -0.4 is 0 Å². The predicted molar refractivity (Wildman–Crippen MR) is 105 cm³/mol. The smallest absolute Gasteiger partial charge is 0.152 e. The molecule has 0 radical (unpaired) electrons. The van der Waals surface area contributed by atoms with Crippen LogP contribution in [0.3, 0.4) is 0 Å². The molecule has 0 amide bonds. The van der Waals surface area contributed by atoms with Crippen molar-refractivity contribution < 1.29 is 8.42 Å². The Labute approximate surface area is 159 Å². The number of benzene rings is 2. The molecule has 0 aliphatic carbocycles. The zero-order valence-electron chi connectivity index (χ0n) is 15.0. The lowest BCUT2D eigenvalue weighted by atomic mass is 10.1. The fraction of sp³-hybridized carbons (Fsp3) is 0.350. The first-order chi connectivity index (χ1) is 12.3. The van der Waals surface area contributed by atoms with Gasteiger partial charge >= 0.3 is 0 Å². The van der Waals surface area contributed by atoms with Gasteiger partial charge in [-0.25, -0.2) is 8.42 Å². The van der Waals surface area contributed by atoms with Crippen molar-refractivity contribution in [2.45, 2.75) is 30.2 Å². The molecule has 3 rings (SSSR count). The minimum absolute atomic E-state index is 0.213. The summed E-state index contributed by atoms with van der Waals surface area (Å²) >= 11 is 1.70. The van der Waals surface area contributed by atoms with Crippen molar-refractivity contribution in [3.63, 3.8) is 0 Å². The molecule has 2 aromatic rings. The third-order valence-electron chi connectivity index (χ3n) is 4.44. The van der Waals surface area contributed by atoms with Gasteiger partial charge in [-0.15, -0.1) is 0 Å². The van der Waals surface area contributed by atoms with Crippen molar-refractivity contribution in [2.75, 3.05) is 24.6 Å². The summed E-state index contributed by atoms with van der Waals surface area (Å²) in [7, 11) is -2.89. The summed E-state index contributed by atoms with van der Waals surface area (Å²) in [5.74, 6) is 0.426. The summed E-state index contributed by atoms with van der Waals surface area (Å²) in [6.45, 7) is 5.94. The van der Waals surface area contributed by atoms with Gasteiger partial charge in [-0.05, 0) is 60.9 Å². The van der Waals surface area contributed by atoms with E-state index in [0.29, 0.717) is 25.2 Å². The highest BCUT2D eigenvalue weighted by Gasteiger charge is 2.22. The van der Waals surface area contributed by atoms with E-state index in [-0.39, 0.29) is 11.5 Å². The Morgan fingerprint density at radius 1 is 1.08 bits per heavy atom. The fourth-order valence-corrected chi connectivity index (χ4v) is 5.55. The van der Waals surface area contributed by atoms with Crippen molar-refractivity contribution in [1.29, 1.82) is 5.26 Å². The molecule has 0 aromatic heterocycles. The lowest BCUT2D eigenvalue weighted by Crippen LogP contribution is -2.39. The summed E-state index contributed by atoms with van der Waals surface area (Å²) in [4.78, 5) is 4.44. The van der Waals surface area contributed by atoms with E-state index in [2.05, 4.69) is 43.0 Å². The molecule has 0 atom stereocenters. The van der Waals surface area contributed by atoms with Crippen molar-refractivity contribution in [3.8, 4) is 6.07 Å². The normalized spacial score (nSPS) is 17.0. The topological polar surface area (TPSA) is 61.2 Å². The first-order valence-corrected chi connectivity index (χ1v) is 11.2. The summed E-state index contributed by atoms with van der Waals surface area (Å²) in [5, 5.41) is 9.24. The molecule has 0 saturated carbocycles.